The van der Waals surface area contributed by atoms with Crippen LogP contribution in [0, 0.1) is 11.8 Å². The minimum atomic E-state index is 0.234. The van der Waals surface area contributed by atoms with Crippen molar-refractivity contribution in [1.82, 2.24) is 10.2 Å². The van der Waals surface area contributed by atoms with Crippen molar-refractivity contribution in [2.75, 3.05) is 13.1 Å². The molecular formula is C16H30N2O. The summed E-state index contributed by atoms with van der Waals surface area (Å²) in [7, 11) is 0. The smallest absolute Gasteiger partial charge is 0.225 e. The topological polar surface area (TPSA) is 32.3 Å². The molecule has 2 rings (SSSR count). The number of amides is 1. The van der Waals surface area contributed by atoms with Gasteiger partial charge in [-0.2, -0.15) is 0 Å². The number of hydrogen-bond acceptors (Lipinski definition) is 2. The van der Waals surface area contributed by atoms with Crippen LogP contribution in [0.25, 0.3) is 0 Å². The van der Waals surface area contributed by atoms with Crippen LogP contribution in [0.5, 0.6) is 0 Å². The molecule has 0 bridgehead atoms. The van der Waals surface area contributed by atoms with Gasteiger partial charge in [0.15, 0.2) is 0 Å². The average molecular weight is 266 g/mol. The van der Waals surface area contributed by atoms with Crippen LogP contribution in [0.15, 0.2) is 0 Å². The van der Waals surface area contributed by atoms with Crippen molar-refractivity contribution in [3.63, 3.8) is 0 Å². The van der Waals surface area contributed by atoms with E-state index in [9.17, 15) is 4.79 Å². The predicted octanol–water partition coefficient (Wildman–Crippen LogP) is 2.80. The van der Waals surface area contributed by atoms with Crippen LogP contribution in [0.3, 0.4) is 0 Å². The minimum absolute atomic E-state index is 0.234. The number of hydrogen-bond donors (Lipinski definition) is 1. The second-order valence-electron chi connectivity index (χ2n) is 6.40. The summed E-state index contributed by atoms with van der Waals surface area (Å²) >= 11 is 0. The molecule has 1 N–H and O–H groups in total. The highest BCUT2D eigenvalue weighted by Gasteiger charge is 2.34. The van der Waals surface area contributed by atoms with Gasteiger partial charge in [0.25, 0.3) is 0 Å². The quantitative estimate of drug-likeness (QED) is 0.802. The molecule has 1 saturated heterocycles. The fraction of sp³-hybridized carbons (Fsp3) is 0.938. The molecule has 19 heavy (non-hydrogen) atoms. The Labute approximate surface area is 118 Å². The first-order valence-electron chi connectivity index (χ1n) is 8.22. The Bertz CT molecular complexity index is 297. The molecule has 3 heteroatoms. The van der Waals surface area contributed by atoms with Gasteiger partial charge in [-0.1, -0.05) is 27.2 Å². The standard InChI is InChI=1S/C16H30N2O/c1-4-12-9-15(17-14-7-8-14)11-18(10-12)16(19)13(5-2)6-3/h12-15,17H,4-11H2,1-3H3. The lowest BCUT2D eigenvalue weighted by Gasteiger charge is -2.39. The molecule has 2 aliphatic rings. The lowest BCUT2D eigenvalue weighted by atomic mass is 9.90. The van der Waals surface area contributed by atoms with Gasteiger partial charge in [-0.15, -0.1) is 0 Å². The largest absolute Gasteiger partial charge is 0.341 e. The summed E-state index contributed by atoms with van der Waals surface area (Å²) < 4.78 is 0. The fourth-order valence-corrected chi connectivity index (χ4v) is 3.28. The fourth-order valence-electron chi connectivity index (χ4n) is 3.28. The van der Waals surface area contributed by atoms with Crippen molar-refractivity contribution < 1.29 is 4.79 Å². The van der Waals surface area contributed by atoms with E-state index in [0.717, 1.165) is 32.0 Å². The van der Waals surface area contributed by atoms with Gasteiger partial charge in [-0.25, -0.2) is 0 Å². The summed E-state index contributed by atoms with van der Waals surface area (Å²) in [5.41, 5.74) is 0. The molecule has 0 aromatic rings. The molecule has 3 nitrogen and oxygen atoms in total. The van der Waals surface area contributed by atoms with Crippen molar-refractivity contribution in [1.29, 1.82) is 0 Å². The van der Waals surface area contributed by atoms with Crippen LogP contribution in [0.2, 0.25) is 0 Å². The van der Waals surface area contributed by atoms with Gasteiger partial charge in [-0.05, 0) is 38.0 Å². The van der Waals surface area contributed by atoms with Gasteiger partial charge in [0.05, 0.1) is 0 Å². The van der Waals surface area contributed by atoms with Crippen LogP contribution < -0.4 is 5.32 Å². The predicted molar refractivity (Wildman–Crippen MR) is 79.0 cm³/mol. The number of likely N-dealkylation sites (tertiary alicyclic amines) is 1. The first-order valence-corrected chi connectivity index (χ1v) is 8.22. The third kappa shape index (κ3) is 3.95. The number of piperidine rings is 1. The van der Waals surface area contributed by atoms with E-state index in [1.54, 1.807) is 0 Å². The number of nitrogens with zero attached hydrogens (tertiary/aromatic N) is 1. The highest BCUT2D eigenvalue weighted by molar-refractivity contribution is 5.79. The molecule has 2 fully saturated rings. The zero-order valence-corrected chi connectivity index (χ0v) is 12.8. The number of rotatable bonds is 6. The molecule has 110 valence electrons. The summed E-state index contributed by atoms with van der Waals surface area (Å²) in [5.74, 6) is 1.31. The normalized spacial score (nSPS) is 27.9. The third-order valence-electron chi connectivity index (χ3n) is 4.81. The molecule has 0 aromatic carbocycles. The summed E-state index contributed by atoms with van der Waals surface area (Å²) in [4.78, 5) is 14.7. The molecule has 0 aromatic heterocycles. The Morgan fingerprint density at radius 1 is 1.16 bits per heavy atom. The van der Waals surface area contributed by atoms with E-state index >= 15 is 0 Å². The maximum absolute atomic E-state index is 12.6. The Kier molecular flexibility index (Phi) is 5.26. The number of nitrogens with one attached hydrogen (secondary N) is 1. The van der Waals surface area contributed by atoms with Crippen LogP contribution in [-0.2, 0) is 4.79 Å². The molecular weight excluding hydrogens is 236 g/mol. The highest BCUT2D eigenvalue weighted by Crippen LogP contribution is 2.26. The van der Waals surface area contributed by atoms with Crippen molar-refractivity contribution in [3.8, 4) is 0 Å². The maximum Gasteiger partial charge on any atom is 0.225 e. The van der Waals surface area contributed by atoms with Crippen LogP contribution in [0.4, 0.5) is 0 Å². The van der Waals surface area contributed by atoms with Gasteiger partial charge >= 0.3 is 0 Å². The van der Waals surface area contributed by atoms with E-state index in [0.29, 0.717) is 17.9 Å². The van der Waals surface area contributed by atoms with E-state index in [-0.39, 0.29) is 5.92 Å². The molecule has 1 aliphatic carbocycles. The molecule has 1 heterocycles. The lowest BCUT2D eigenvalue weighted by molar-refractivity contribution is -0.138. The molecule has 2 unspecified atom stereocenters. The van der Waals surface area contributed by atoms with Crippen LogP contribution in [-0.4, -0.2) is 36.0 Å². The highest BCUT2D eigenvalue weighted by atomic mass is 16.2. The van der Waals surface area contributed by atoms with Crippen LogP contribution >= 0.6 is 0 Å². The van der Waals surface area contributed by atoms with Gasteiger partial charge in [-0.3, -0.25) is 4.79 Å². The van der Waals surface area contributed by atoms with Crippen molar-refractivity contribution in [3.05, 3.63) is 0 Å². The van der Waals surface area contributed by atoms with E-state index in [1.807, 2.05) is 0 Å². The van der Waals surface area contributed by atoms with Crippen molar-refractivity contribution in [2.45, 2.75) is 71.4 Å². The SMILES string of the molecule is CCC1CC(NC2CC2)CN(C(=O)C(CC)CC)C1. The average Bonchev–Trinajstić information content (AvgIpc) is 3.23. The number of carbonyl (C=O) groups excluding carboxylic acids is 1. The van der Waals surface area contributed by atoms with E-state index < -0.39 is 0 Å². The maximum atomic E-state index is 12.6. The first kappa shape index (κ1) is 14.8. The van der Waals surface area contributed by atoms with Gasteiger partial charge in [0, 0.05) is 31.1 Å². The second kappa shape index (κ2) is 6.74. The summed E-state index contributed by atoms with van der Waals surface area (Å²) in [6.07, 6.45) is 7.05. The van der Waals surface area contributed by atoms with Gasteiger partial charge in [0.1, 0.15) is 0 Å². The Hall–Kier alpha value is -0.570. The zero-order chi connectivity index (χ0) is 13.8. The molecule has 1 aliphatic heterocycles. The first-order chi connectivity index (χ1) is 9.17. The third-order valence-corrected chi connectivity index (χ3v) is 4.81. The van der Waals surface area contributed by atoms with Crippen molar-refractivity contribution in [2.24, 2.45) is 11.8 Å². The second-order valence-corrected chi connectivity index (χ2v) is 6.40. The van der Waals surface area contributed by atoms with E-state index in [1.165, 1.54) is 25.7 Å². The molecule has 0 radical (unpaired) electrons. The van der Waals surface area contributed by atoms with Crippen LogP contribution in [0.1, 0.15) is 59.3 Å². The van der Waals surface area contributed by atoms with Gasteiger partial charge in [0.2, 0.25) is 5.91 Å². The van der Waals surface area contributed by atoms with E-state index in [2.05, 4.69) is 31.0 Å². The molecule has 2 atom stereocenters. The summed E-state index contributed by atoms with van der Waals surface area (Å²) in [5, 5.41) is 3.72. The monoisotopic (exact) mass is 266 g/mol. The summed E-state index contributed by atoms with van der Waals surface area (Å²) in [6, 6.07) is 1.27. The molecule has 1 amide bonds. The Balaban J connectivity index is 1.95. The summed E-state index contributed by atoms with van der Waals surface area (Å²) in [6.45, 7) is 8.43. The van der Waals surface area contributed by atoms with Crippen molar-refractivity contribution >= 4 is 5.91 Å². The Morgan fingerprint density at radius 3 is 2.37 bits per heavy atom. The van der Waals surface area contributed by atoms with Gasteiger partial charge < -0.3 is 10.2 Å². The number of carbonyl (C=O) groups is 1. The lowest BCUT2D eigenvalue weighted by Crippen LogP contribution is -2.53. The zero-order valence-electron chi connectivity index (χ0n) is 12.8. The Morgan fingerprint density at radius 2 is 1.84 bits per heavy atom. The minimum Gasteiger partial charge on any atom is -0.341 e. The van der Waals surface area contributed by atoms with E-state index in [4.69, 9.17) is 0 Å². The molecule has 1 saturated carbocycles. The molecule has 0 spiro atoms.